The largest absolute Gasteiger partial charge is 0.494 e. The highest BCUT2D eigenvalue weighted by Crippen LogP contribution is 2.27. The molecular formula is C35H33N3O5S2. The fourth-order valence-corrected chi connectivity index (χ4v) is 6.38. The average Bonchev–Trinajstić information content (AvgIpc) is 3.07. The number of hydrogen-bond donors (Lipinski definition) is 1. The van der Waals surface area contributed by atoms with E-state index in [0.717, 1.165) is 25.7 Å². The number of thioether (sulfide) groups is 1. The summed E-state index contributed by atoms with van der Waals surface area (Å²) < 4.78 is 39.8. The van der Waals surface area contributed by atoms with E-state index in [-0.39, 0.29) is 4.90 Å². The van der Waals surface area contributed by atoms with Gasteiger partial charge in [-0.25, -0.2) is 13.8 Å². The van der Waals surface area contributed by atoms with E-state index in [0.29, 0.717) is 30.4 Å². The van der Waals surface area contributed by atoms with Crippen molar-refractivity contribution in [2.75, 3.05) is 23.7 Å². The summed E-state index contributed by atoms with van der Waals surface area (Å²) in [7, 11) is -4.06. The first kappa shape index (κ1) is 31.6. The van der Waals surface area contributed by atoms with E-state index < -0.39 is 22.5 Å². The van der Waals surface area contributed by atoms with Gasteiger partial charge in [-0.05, 0) is 114 Å². The number of carbonyl (C=O) groups excluding carboxylic acids is 1. The zero-order chi connectivity index (χ0) is 31.6. The van der Waals surface area contributed by atoms with Gasteiger partial charge in [-0.1, -0.05) is 36.4 Å². The van der Waals surface area contributed by atoms with Crippen molar-refractivity contribution in [3.05, 3.63) is 126 Å². The molecule has 0 aliphatic heterocycles. The number of benzene rings is 5. The molecule has 1 N–H and O–H groups in total. The molecule has 0 spiro atoms. The Bertz CT molecular complexity index is 1880. The number of nitrogens with one attached hydrogen (secondary N) is 1. The van der Waals surface area contributed by atoms with Gasteiger partial charge in [0.05, 0.1) is 23.4 Å². The monoisotopic (exact) mass is 639 g/mol. The number of amides is 1. The van der Waals surface area contributed by atoms with E-state index in [1.54, 1.807) is 36.4 Å². The van der Waals surface area contributed by atoms with Crippen LogP contribution in [0.25, 0.3) is 10.8 Å². The molecule has 0 unspecified atom stereocenters. The molecule has 5 rings (SSSR count). The van der Waals surface area contributed by atoms with Crippen LogP contribution in [0.1, 0.15) is 18.1 Å². The Labute approximate surface area is 267 Å². The first-order valence-electron chi connectivity index (χ1n) is 14.3. The Morgan fingerprint density at radius 3 is 2.20 bits per heavy atom. The molecule has 0 atom stereocenters. The molecule has 230 valence electrons. The van der Waals surface area contributed by atoms with Gasteiger partial charge < -0.3 is 9.47 Å². The minimum Gasteiger partial charge on any atom is -0.494 e. The van der Waals surface area contributed by atoms with Crippen LogP contribution in [0.15, 0.2) is 130 Å². The fourth-order valence-electron chi connectivity index (χ4n) is 4.56. The van der Waals surface area contributed by atoms with E-state index in [2.05, 4.69) is 40.9 Å². The highest BCUT2D eigenvalue weighted by Gasteiger charge is 2.27. The van der Waals surface area contributed by atoms with Crippen LogP contribution in [0.5, 0.6) is 11.5 Å². The minimum atomic E-state index is -4.06. The van der Waals surface area contributed by atoms with Gasteiger partial charge in [0, 0.05) is 4.90 Å². The maximum atomic E-state index is 13.7. The maximum Gasteiger partial charge on any atom is 0.264 e. The third kappa shape index (κ3) is 8.23. The zero-order valence-electron chi connectivity index (χ0n) is 24.9. The molecule has 0 saturated heterocycles. The third-order valence-corrected chi connectivity index (χ3v) is 9.40. The number of ether oxygens (including phenoxy) is 2. The number of sulfonamides is 1. The van der Waals surface area contributed by atoms with E-state index in [4.69, 9.17) is 9.47 Å². The lowest BCUT2D eigenvalue weighted by atomic mass is 10.1. The fraction of sp³-hybridized carbons (Fsp3) is 0.143. The first-order valence-corrected chi connectivity index (χ1v) is 16.9. The van der Waals surface area contributed by atoms with E-state index >= 15 is 0 Å². The van der Waals surface area contributed by atoms with Gasteiger partial charge in [0.2, 0.25) is 0 Å². The molecule has 0 fully saturated rings. The number of fused-ring (bicyclic) bond motifs is 1. The lowest BCUT2D eigenvalue weighted by molar-refractivity contribution is -0.119. The van der Waals surface area contributed by atoms with Gasteiger partial charge in [-0.3, -0.25) is 9.10 Å². The van der Waals surface area contributed by atoms with Crippen molar-refractivity contribution in [2.24, 2.45) is 5.10 Å². The summed E-state index contributed by atoms with van der Waals surface area (Å²) in [4.78, 5) is 13.9. The SMILES string of the molecule is CCOc1ccc(N(CC(=O)N/N=C\c2ccc(OCc3ccc4ccccc4c3)cc2)S(=O)(=O)c2ccc(SC)cc2)cc1. The van der Waals surface area contributed by atoms with Crippen molar-refractivity contribution in [1.29, 1.82) is 0 Å². The Balaban J connectivity index is 1.22. The lowest BCUT2D eigenvalue weighted by Gasteiger charge is -2.24. The van der Waals surface area contributed by atoms with Crippen molar-refractivity contribution < 1.29 is 22.7 Å². The summed E-state index contributed by atoms with van der Waals surface area (Å²) >= 11 is 1.51. The van der Waals surface area contributed by atoms with Crippen molar-refractivity contribution in [2.45, 2.75) is 23.3 Å². The van der Waals surface area contributed by atoms with Crippen molar-refractivity contribution in [3.8, 4) is 11.5 Å². The van der Waals surface area contributed by atoms with Gasteiger partial charge >= 0.3 is 0 Å². The molecule has 1 amide bonds. The molecule has 0 saturated carbocycles. The first-order chi connectivity index (χ1) is 21.9. The zero-order valence-corrected chi connectivity index (χ0v) is 26.6. The predicted octanol–water partition coefficient (Wildman–Crippen LogP) is 6.89. The predicted molar refractivity (Wildman–Crippen MR) is 181 cm³/mol. The van der Waals surface area contributed by atoms with Crippen LogP contribution in [0.2, 0.25) is 0 Å². The summed E-state index contributed by atoms with van der Waals surface area (Å²) in [5, 5.41) is 6.39. The summed E-state index contributed by atoms with van der Waals surface area (Å²) in [5.41, 5.74) is 4.57. The van der Waals surface area contributed by atoms with Gasteiger partial charge in [0.1, 0.15) is 24.7 Å². The molecule has 0 radical (unpaired) electrons. The van der Waals surface area contributed by atoms with Crippen LogP contribution in [0.4, 0.5) is 5.69 Å². The summed E-state index contributed by atoms with van der Waals surface area (Å²) in [6.45, 7) is 2.30. The summed E-state index contributed by atoms with van der Waals surface area (Å²) in [5.74, 6) is 0.702. The Hall–Kier alpha value is -4.80. The molecular weight excluding hydrogens is 607 g/mol. The molecule has 0 aromatic heterocycles. The smallest absolute Gasteiger partial charge is 0.264 e. The molecule has 0 heterocycles. The highest BCUT2D eigenvalue weighted by atomic mass is 32.2. The molecule has 5 aromatic carbocycles. The Kier molecular flexibility index (Phi) is 10.4. The molecule has 45 heavy (non-hydrogen) atoms. The molecule has 10 heteroatoms. The average molecular weight is 640 g/mol. The van der Waals surface area contributed by atoms with Crippen LogP contribution < -0.4 is 19.2 Å². The molecule has 5 aromatic rings. The van der Waals surface area contributed by atoms with Gasteiger partial charge in [-0.15, -0.1) is 11.8 Å². The highest BCUT2D eigenvalue weighted by molar-refractivity contribution is 7.98. The Morgan fingerprint density at radius 1 is 0.844 bits per heavy atom. The molecule has 0 aliphatic rings. The van der Waals surface area contributed by atoms with Crippen molar-refractivity contribution in [3.63, 3.8) is 0 Å². The maximum absolute atomic E-state index is 13.7. The van der Waals surface area contributed by atoms with E-state index in [1.807, 2.05) is 49.6 Å². The number of hydrazone groups is 1. The third-order valence-electron chi connectivity index (χ3n) is 6.87. The number of rotatable bonds is 13. The standard InChI is InChI=1S/C35H33N3O5S2/c1-3-42-31-16-12-30(13-17-31)38(45(40,41)34-20-18-33(44-2)19-21-34)24-35(39)37-36-23-26-9-14-32(15-10-26)43-25-27-8-11-28-6-4-5-7-29(28)22-27/h4-23H,3,24-25H2,1-2H3,(H,37,39)/b36-23-. The second-order valence-electron chi connectivity index (χ2n) is 9.95. The van der Waals surface area contributed by atoms with Crippen molar-refractivity contribution >= 4 is 50.4 Å². The summed E-state index contributed by atoms with van der Waals surface area (Å²) in [6.07, 6.45) is 3.40. The number of hydrogen-bond acceptors (Lipinski definition) is 7. The number of nitrogens with zero attached hydrogens (tertiary/aromatic N) is 2. The molecule has 8 nitrogen and oxygen atoms in total. The van der Waals surface area contributed by atoms with Crippen LogP contribution in [0.3, 0.4) is 0 Å². The van der Waals surface area contributed by atoms with Gasteiger partial charge in [-0.2, -0.15) is 5.10 Å². The van der Waals surface area contributed by atoms with E-state index in [9.17, 15) is 13.2 Å². The lowest BCUT2D eigenvalue weighted by Crippen LogP contribution is -2.39. The van der Waals surface area contributed by atoms with Crippen molar-refractivity contribution in [1.82, 2.24) is 5.43 Å². The second kappa shape index (κ2) is 14.8. The molecule has 0 bridgehead atoms. The minimum absolute atomic E-state index is 0.0772. The number of anilines is 1. The number of carbonyl (C=O) groups is 1. The quantitative estimate of drug-likeness (QED) is 0.0857. The van der Waals surface area contributed by atoms with Crippen LogP contribution in [-0.4, -0.2) is 39.9 Å². The van der Waals surface area contributed by atoms with Gasteiger partial charge in [0.25, 0.3) is 15.9 Å². The topological polar surface area (TPSA) is 97.3 Å². The summed E-state index contributed by atoms with van der Waals surface area (Å²) in [6, 6.07) is 34.8. The van der Waals surface area contributed by atoms with Crippen LogP contribution >= 0.6 is 11.8 Å². The van der Waals surface area contributed by atoms with Crippen LogP contribution in [-0.2, 0) is 21.4 Å². The normalized spacial score (nSPS) is 11.4. The van der Waals surface area contributed by atoms with Gasteiger partial charge in [0.15, 0.2) is 0 Å². The Morgan fingerprint density at radius 2 is 1.51 bits per heavy atom. The van der Waals surface area contributed by atoms with Crippen LogP contribution in [0, 0.1) is 0 Å². The van der Waals surface area contributed by atoms with E-state index in [1.165, 1.54) is 35.5 Å². The second-order valence-corrected chi connectivity index (χ2v) is 12.7. The molecule has 0 aliphatic carbocycles.